The van der Waals surface area contributed by atoms with Gasteiger partial charge in [0.2, 0.25) is 0 Å². The molecule has 0 unspecified atom stereocenters. The summed E-state index contributed by atoms with van der Waals surface area (Å²) in [6.07, 6.45) is 2.17. The third kappa shape index (κ3) is 4.88. The molecule has 0 saturated carbocycles. The first-order valence-corrected chi connectivity index (χ1v) is 5.83. The van der Waals surface area contributed by atoms with Crippen LogP contribution in [-0.2, 0) is 4.79 Å². The molecule has 1 aromatic carbocycles. The number of hydrogen-bond acceptors (Lipinski definition) is 3. The fraction of sp³-hybridized carbons (Fsp3) is 0.385. The van der Waals surface area contributed by atoms with Gasteiger partial charge in [-0.25, -0.2) is 0 Å². The van der Waals surface area contributed by atoms with Gasteiger partial charge in [0.25, 0.3) is 0 Å². The van der Waals surface area contributed by atoms with E-state index in [1.807, 2.05) is 6.07 Å². The molecule has 0 radical (unpaired) electrons. The largest absolute Gasteiger partial charge is 0.492 e. The van der Waals surface area contributed by atoms with E-state index in [2.05, 4.69) is 0 Å². The molecule has 0 saturated heterocycles. The maximum Gasteiger partial charge on any atom is 0.138 e. The molecule has 0 aliphatic carbocycles. The van der Waals surface area contributed by atoms with Gasteiger partial charge in [0.1, 0.15) is 17.6 Å². The van der Waals surface area contributed by atoms with E-state index in [-0.39, 0.29) is 5.78 Å². The highest BCUT2D eigenvalue weighted by molar-refractivity contribution is 6.30. The van der Waals surface area contributed by atoms with Crippen molar-refractivity contribution in [2.45, 2.75) is 26.2 Å². The molecule has 3 nitrogen and oxygen atoms in total. The Labute approximate surface area is 106 Å². The van der Waals surface area contributed by atoms with E-state index in [4.69, 9.17) is 21.6 Å². The number of ketones is 1. The van der Waals surface area contributed by atoms with Crippen molar-refractivity contribution in [3.63, 3.8) is 0 Å². The van der Waals surface area contributed by atoms with Crippen LogP contribution in [0.3, 0.4) is 0 Å². The second-order valence-corrected chi connectivity index (χ2v) is 4.20. The lowest BCUT2D eigenvalue weighted by Gasteiger charge is -2.07. The average Bonchev–Trinajstić information content (AvgIpc) is 2.28. The van der Waals surface area contributed by atoms with Crippen molar-refractivity contribution in [1.29, 1.82) is 5.26 Å². The second-order valence-electron chi connectivity index (χ2n) is 3.76. The van der Waals surface area contributed by atoms with Crippen LogP contribution in [0.1, 0.15) is 31.7 Å². The Kier molecular flexibility index (Phi) is 5.51. The van der Waals surface area contributed by atoms with Crippen LogP contribution in [0.15, 0.2) is 18.2 Å². The SMILES string of the molecule is CC(=O)CCCCOc1cc(Cl)ccc1C#N. The summed E-state index contributed by atoms with van der Waals surface area (Å²) in [6.45, 7) is 2.06. The first-order chi connectivity index (χ1) is 8.13. The van der Waals surface area contributed by atoms with Gasteiger partial charge < -0.3 is 9.53 Å². The Hall–Kier alpha value is -1.53. The van der Waals surface area contributed by atoms with Crippen LogP contribution in [0, 0.1) is 11.3 Å². The number of halogens is 1. The predicted molar refractivity (Wildman–Crippen MR) is 66.2 cm³/mol. The Morgan fingerprint density at radius 3 is 2.88 bits per heavy atom. The number of carbonyl (C=O) groups excluding carboxylic acids is 1. The van der Waals surface area contributed by atoms with Gasteiger partial charge in [-0.15, -0.1) is 0 Å². The van der Waals surface area contributed by atoms with Crippen LogP contribution in [0.25, 0.3) is 0 Å². The number of nitriles is 1. The summed E-state index contributed by atoms with van der Waals surface area (Å²) in [5.41, 5.74) is 0.473. The molecule has 0 fully saturated rings. The Balaban J connectivity index is 2.43. The van der Waals surface area contributed by atoms with Crippen molar-refractivity contribution in [1.82, 2.24) is 0 Å². The minimum absolute atomic E-state index is 0.186. The lowest BCUT2D eigenvalue weighted by Crippen LogP contribution is -2.00. The van der Waals surface area contributed by atoms with E-state index in [1.54, 1.807) is 25.1 Å². The highest BCUT2D eigenvalue weighted by Crippen LogP contribution is 2.22. The van der Waals surface area contributed by atoms with Crippen LogP contribution < -0.4 is 4.74 Å². The molecule has 0 aromatic heterocycles. The van der Waals surface area contributed by atoms with Gasteiger partial charge in [-0.2, -0.15) is 5.26 Å². The fourth-order valence-electron chi connectivity index (χ4n) is 1.37. The molecule has 0 heterocycles. The smallest absolute Gasteiger partial charge is 0.138 e. The molecule has 0 atom stereocenters. The summed E-state index contributed by atoms with van der Waals surface area (Å²) in [7, 11) is 0. The number of benzene rings is 1. The molecule has 0 spiro atoms. The van der Waals surface area contributed by atoms with Gasteiger partial charge in [-0.1, -0.05) is 11.6 Å². The molecule has 0 amide bonds. The summed E-state index contributed by atoms with van der Waals surface area (Å²) in [5.74, 6) is 0.688. The lowest BCUT2D eigenvalue weighted by atomic mass is 10.2. The maximum atomic E-state index is 10.7. The minimum atomic E-state index is 0.186. The third-order valence-corrected chi connectivity index (χ3v) is 2.48. The first-order valence-electron chi connectivity index (χ1n) is 5.45. The van der Waals surface area contributed by atoms with E-state index >= 15 is 0 Å². The molecule has 0 aliphatic rings. The molecule has 4 heteroatoms. The van der Waals surface area contributed by atoms with Crippen molar-refractivity contribution in [2.75, 3.05) is 6.61 Å². The van der Waals surface area contributed by atoms with Gasteiger partial charge in [0.05, 0.1) is 12.2 Å². The number of nitrogens with zero attached hydrogens (tertiary/aromatic N) is 1. The molecule has 17 heavy (non-hydrogen) atoms. The van der Waals surface area contributed by atoms with E-state index in [0.717, 1.165) is 12.8 Å². The van der Waals surface area contributed by atoms with Crippen LogP contribution in [0.2, 0.25) is 5.02 Å². The standard InChI is InChI=1S/C13H14ClNO2/c1-10(16)4-2-3-7-17-13-8-12(14)6-5-11(13)9-15/h5-6,8H,2-4,7H2,1H3. The molecule has 0 N–H and O–H groups in total. The highest BCUT2D eigenvalue weighted by Gasteiger charge is 2.04. The second kappa shape index (κ2) is 6.93. The topological polar surface area (TPSA) is 50.1 Å². The summed E-state index contributed by atoms with van der Waals surface area (Å²) in [6, 6.07) is 6.96. The third-order valence-electron chi connectivity index (χ3n) is 2.24. The van der Waals surface area contributed by atoms with Crippen molar-refractivity contribution >= 4 is 17.4 Å². The molecule has 1 aromatic rings. The van der Waals surface area contributed by atoms with Gasteiger partial charge in [-0.3, -0.25) is 0 Å². The molecule has 1 rings (SSSR count). The van der Waals surface area contributed by atoms with Crippen LogP contribution in [0.5, 0.6) is 5.75 Å². The minimum Gasteiger partial charge on any atom is -0.492 e. The van der Waals surface area contributed by atoms with Crippen molar-refractivity contribution in [3.05, 3.63) is 28.8 Å². The number of hydrogen-bond donors (Lipinski definition) is 0. The fourth-order valence-corrected chi connectivity index (χ4v) is 1.53. The number of carbonyl (C=O) groups is 1. The maximum absolute atomic E-state index is 10.7. The summed E-state index contributed by atoms with van der Waals surface area (Å²) in [5, 5.41) is 9.41. The molecular formula is C13H14ClNO2. The molecule has 90 valence electrons. The van der Waals surface area contributed by atoms with Crippen molar-refractivity contribution in [2.24, 2.45) is 0 Å². The number of Topliss-reactive ketones (excluding diaryl/α,β-unsaturated/α-hetero) is 1. The van der Waals surface area contributed by atoms with Crippen molar-refractivity contribution < 1.29 is 9.53 Å². The Morgan fingerprint density at radius 1 is 1.47 bits per heavy atom. The first kappa shape index (κ1) is 13.5. The van der Waals surface area contributed by atoms with Crippen molar-refractivity contribution in [3.8, 4) is 11.8 Å². The van der Waals surface area contributed by atoms with E-state index in [9.17, 15) is 4.79 Å². The monoisotopic (exact) mass is 251 g/mol. The Morgan fingerprint density at radius 2 is 2.24 bits per heavy atom. The van der Waals surface area contributed by atoms with Crippen LogP contribution in [0.4, 0.5) is 0 Å². The summed E-state index contributed by atoms with van der Waals surface area (Å²) < 4.78 is 5.47. The zero-order valence-electron chi connectivity index (χ0n) is 9.70. The molecular weight excluding hydrogens is 238 g/mol. The lowest BCUT2D eigenvalue weighted by molar-refractivity contribution is -0.117. The van der Waals surface area contributed by atoms with E-state index < -0.39 is 0 Å². The van der Waals surface area contributed by atoms with Gasteiger partial charge in [0.15, 0.2) is 0 Å². The quantitative estimate of drug-likeness (QED) is 0.729. The molecule has 0 bridgehead atoms. The van der Waals surface area contributed by atoms with E-state index in [0.29, 0.717) is 29.4 Å². The van der Waals surface area contributed by atoms with Crippen LogP contribution in [-0.4, -0.2) is 12.4 Å². The number of rotatable bonds is 6. The van der Waals surface area contributed by atoms with Crippen LogP contribution >= 0.6 is 11.6 Å². The van der Waals surface area contributed by atoms with E-state index in [1.165, 1.54) is 0 Å². The van der Waals surface area contributed by atoms with Gasteiger partial charge in [0, 0.05) is 17.5 Å². The summed E-state index contributed by atoms with van der Waals surface area (Å²) >= 11 is 5.82. The number of ether oxygens (including phenoxy) is 1. The van der Waals surface area contributed by atoms with Gasteiger partial charge >= 0.3 is 0 Å². The molecule has 0 aliphatic heterocycles. The predicted octanol–water partition coefficient (Wildman–Crippen LogP) is 3.35. The van der Waals surface area contributed by atoms with Gasteiger partial charge in [-0.05, 0) is 31.9 Å². The normalized spacial score (nSPS) is 9.71. The zero-order chi connectivity index (χ0) is 12.7. The average molecular weight is 252 g/mol. The summed E-state index contributed by atoms with van der Waals surface area (Å²) in [4.78, 5) is 10.7. The number of unbranched alkanes of at least 4 members (excludes halogenated alkanes) is 1. The highest BCUT2D eigenvalue weighted by atomic mass is 35.5. The zero-order valence-corrected chi connectivity index (χ0v) is 10.5. The Bertz CT molecular complexity index is 438.